The maximum Gasteiger partial charge on any atom is 0.308 e. The molecule has 0 saturated carbocycles. The molecule has 1 amide bonds. The number of primary amides is 1. The van der Waals surface area contributed by atoms with Crippen molar-refractivity contribution in [1.29, 1.82) is 0 Å². The molecule has 1 aliphatic heterocycles. The number of carbonyl (C=O) groups is 2. The molecule has 0 aromatic rings. The molecular formula is C12H22N2O4. The minimum atomic E-state index is -0.816. The van der Waals surface area contributed by atoms with Crippen molar-refractivity contribution in [1.82, 2.24) is 4.90 Å². The van der Waals surface area contributed by atoms with E-state index in [9.17, 15) is 14.7 Å². The van der Waals surface area contributed by atoms with Gasteiger partial charge in [-0.1, -0.05) is 6.42 Å². The number of ether oxygens (including phenoxy) is 1. The van der Waals surface area contributed by atoms with Crippen LogP contribution in [-0.2, 0) is 14.3 Å². The second-order valence-corrected chi connectivity index (χ2v) is 4.57. The first-order valence-electron chi connectivity index (χ1n) is 6.41. The van der Waals surface area contributed by atoms with Crippen molar-refractivity contribution in [2.45, 2.75) is 44.8 Å². The third kappa shape index (κ3) is 4.62. The third-order valence-electron chi connectivity index (χ3n) is 3.09. The molecule has 104 valence electrons. The predicted octanol–water partition coefficient (Wildman–Crippen LogP) is -0.360. The lowest BCUT2D eigenvalue weighted by Crippen LogP contribution is -2.50. The van der Waals surface area contributed by atoms with Crippen molar-refractivity contribution < 1.29 is 19.4 Å². The number of esters is 1. The molecule has 6 heteroatoms. The lowest BCUT2D eigenvalue weighted by Gasteiger charge is -2.34. The number of piperidine rings is 1. The standard InChI is InChI=1S/C12H22N2O4/c1-2-18-11(16)7-9(15)8-14-6-4-3-5-10(14)12(13)17/h9-10,15H,2-8H2,1H3,(H2,13,17). The molecule has 0 bridgehead atoms. The Kier molecular flexibility index (Phi) is 6.07. The maximum absolute atomic E-state index is 11.3. The molecule has 1 saturated heterocycles. The monoisotopic (exact) mass is 258 g/mol. The van der Waals surface area contributed by atoms with Gasteiger partial charge in [-0.15, -0.1) is 0 Å². The summed E-state index contributed by atoms with van der Waals surface area (Å²) < 4.78 is 4.77. The highest BCUT2D eigenvalue weighted by atomic mass is 16.5. The fraction of sp³-hybridized carbons (Fsp3) is 0.833. The summed E-state index contributed by atoms with van der Waals surface area (Å²) in [5.74, 6) is -0.782. The number of carbonyl (C=O) groups excluding carboxylic acids is 2. The molecule has 0 aromatic heterocycles. The first kappa shape index (κ1) is 14.9. The predicted molar refractivity (Wildman–Crippen MR) is 65.7 cm³/mol. The lowest BCUT2D eigenvalue weighted by atomic mass is 10.0. The number of amides is 1. The van der Waals surface area contributed by atoms with E-state index < -0.39 is 12.1 Å². The van der Waals surface area contributed by atoms with Crippen molar-refractivity contribution in [2.75, 3.05) is 19.7 Å². The molecule has 1 fully saturated rings. The highest BCUT2D eigenvalue weighted by molar-refractivity contribution is 5.80. The fourth-order valence-corrected chi connectivity index (χ4v) is 2.28. The van der Waals surface area contributed by atoms with Crippen molar-refractivity contribution in [3.8, 4) is 0 Å². The maximum atomic E-state index is 11.3. The van der Waals surface area contributed by atoms with E-state index in [2.05, 4.69) is 0 Å². The lowest BCUT2D eigenvalue weighted by molar-refractivity contribution is -0.145. The van der Waals surface area contributed by atoms with Gasteiger partial charge >= 0.3 is 5.97 Å². The first-order chi connectivity index (χ1) is 8.54. The molecule has 6 nitrogen and oxygen atoms in total. The Labute approximate surface area is 107 Å². The molecule has 1 aliphatic rings. The van der Waals surface area contributed by atoms with Gasteiger partial charge in [-0.05, 0) is 26.3 Å². The Morgan fingerprint density at radius 1 is 1.50 bits per heavy atom. The second-order valence-electron chi connectivity index (χ2n) is 4.57. The summed E-state index contributed by atoms with van der Waals surface area (Å²) >= 11 is 0. The summed E-state index contributed by atoms with van der Waals surface area (Å²) in [6.07, 6.45) is 1.81. The van der Waals surface area contributed by atoms with E-state index in [0.29, 0.717) is 6.61 Å². The highest BCUT2D eigenvalue weighted by Crippen LogP contribution is 2.17. The smallest absolute Gasteiger partial charge is 0.308 e. The van der Waals surface area contributed by atoms with E-state index >= 15 is 0 Å². The fourth-order valence-electron chi connectivity index (χ4n) is 2.28. The molecule has 3 N–H and O–H groups in total. The van der Waals surface area contributed by atoms with E-state index in [1.54, 1.807) is 6.92 Å². The van der Waals surface area contributed by atoms with E-state index in [1.165, 1.54) is 0 Å². The summed E-state index contributed by atoms with van der Waals surface area (Å²) in [6, 6.07) is -0.324. The SMILES string of the molecule is CCOC(=O)CC(O)CN1CCCCC1C(N)=O. The van der Waals surface area contributed by atoms with Gasteiger partial charge in [-0.2, -0.15) is 0 Å². The number of likely N-dealkylation sites (tertiary alicyclic amines) is 1. The van der Waals surface area contributed by atoms with Crippen LogP contribution in [-0.4, -0.2) is 53.7 Å². The van der Waals surface area contributed by atoms with Crippen LogP contribution in [0.25, 0.3) is 0 Å². The summed E-state index contributed by atoms with van der Waals surface area (Å²) in [4.78, 5) is 24.4. The van der Waals surface area contributed by atoms with Crippen LogP contribution < -0.4 is 5.73 Å². The largest absolute Gasteiger partial charge is 0.466 e. The summed E-state index contributed by atoms with van der Waals surface area (Å²) in [5, 5.41) is 9.80. The molecule has 1 rings (SSSR count). The van der Waals surface area contributed by atoms with Crippen molar-refractivity contribution >= 4 is 11.9 Å². The number of aliphatic hydroxyl groups excluding tert-OH is 1. The minimum Gasteiger partial charge on any atom is -0.466 e. The number of aliphatic hydroxyl groups is 1. The molecule has 18 heavy (non-hydrogen) atoms. The Hall–Kier alpha value is -1.14. The summed E-state index contributed by atoms with van der Waals surface area (Å²) in [7, 11) is 0. The number of nitrogens with zero attached hydrogens (tertiary/aromatic N) is 1. The van der Waals surface area contributed by atoms with E-state index in [1.807, 2.05) is 4.90 Å². The number of hydrogen-bond acceptors (Lipinski definition) is 5. The van der Waals surface area contributed by atoms with Gasteiger partial charge in [-0.25, -0.2) is 0 Å². The minimum absolute atomic E-state index is 0.0458. The topological polar surface area (TPSA) is 92.9 Å². The quantitative estimate of drug-likeness (QED) is 0.635. The van der Waals surface area contributed by atoms with Crippen LogP contribution in [0.4, 0.5) is 0 Å². The molecule has 0 aliphatic carbocycles. The van der Waals surface area contributed by atoms with Crippen LogP contribution in [0.5, 0.6) is 0 Å². The summed E-state index contributed by atoms with van der Waals surface area (Å²) in [5.41, 5.74) is 5.33. The number of hydrogen-bond donors (Lipinski definition) is 2. The van der Waals surface area contributed by atoms with Gasteiger partial charge in [0.2, 0.25) is 5.91 Å². The number of nitrogens with two attached hydrogens (primary N) is 1. The van der Waals surface area contributed by atoms with Gasteiger partial charge in [0.15, 0.2) is 0 Å². The van der Waals surface area contributed by atoms with Crippen LogP contribution in [0.3, 0.4) is 0 Å². The first-order valence-corrected chi connectivity index (χ1v) is 6.41. The van der Waals surface area contributed by atoms with Crippen LogP contribution in [0.1, 0.15) is 32.6 Å². The molecule has 0 aromatic carbocycles. The van der Waals surface area contributed by atoms with Crippen LogP contribution in [0.15, 0.2) is 0 Å². The van der Waals surface area contributed by atoms with Crippen molar-refractivity contribution in [2.24, 2.45) is 5.73 Å². The molecule has 1 heterocycles. The van der Waals surface area contributed by atoms with Crippen LogP contribution >= 0.6 is 0 Å². The van der Waals surface area contributed by atoms with Gasteiger partial charge in [0.05, 0.1) is 25.2 Å². The second kappa shape index (κ2) is 7.33. The van der Waals surface area contributed by atoms with E-state index in [4.69, 9.17) is 10.5 Å². The Bertz CT molecular complexity index is 296. The Morgan fingerprint density at radius 3 is 2.83 bits per heavy atom. The molecule has 2 unspecified atom stereocenters. The average molecular weight is 258 g/mol. The zero-order valence-electron chi connectivity index (χ0n) is 10.8. The van der Waals surface area contributed by atoms with Gasteiger partial charge in [-0.3, -0.25) is 14.5 Å². The van der Waals surface area contributed by atoms with Gasteiger partial charge < -0.3 is 15.6 Å². The zero-order chi connectivity index (χ0) is 13.5. The average Bonchev–Trinajstić information content (AvgIpc) is 2.29. The molecular weight excluding hydrogens is 236 g/mol. The Morgan fingerprint density at radius 2 is 2.22 bits per heavy atom. The van der Waals surface area contributed by atoms with Crippen molar-refractivity contribution in [3.05, 3.63) is 0 Å². The van der Waals surface area contributed by atoms with Crippen LogP contribution in [0, 0.1) is 0 Å². The van der Waals surface area contributed by atoms with E-state index in [-0.39, 0.29) is 24.9 Å². The van der Waals surface area contributed by atoms with Crippen molar-refractivity contribution in [3.63, 3.8) is 0 Å². The van der Waals surface area contributed by atoms with Gasteiger partial charge in [0, 0.05) is 6.54 Å². The van der Waals surface area contributed by atoms with Gasteiger partial charge in [0.25, 0.3) is 0 Å². The molecule has 0 spiro atoms. The Balaban J connectivity index is 2.43. The number of rotatable bonds is 6. The highest BCUT2D eigenvalue weighted by Gasteiger charge is 2.28. The third-order valence-corrected chi connectivity index (χ3v) is 3.09. The number of β-amino-alcohol motifs (C(OH)–C–C–N with tert-alkyl or cyclic N) is 1. The summed E-state index contributed by atoms with van der Waals surface area (Å²) in [6.45, 7) is 3.04. The zero-order valence-corrected chi connectivity index (χ0v) is 10.8. The normalized spacial score (nSPS) is 22.4. The molecule has 2 atom stereocenters. The van der Waals surface area contributed by atoms with E-state index in [0.717, 1.165) is 25.8 Å². The van der Waals surface area contributed by atoms with Crippen LogP contribution in [0.2, 0.25) is 0 Å². The van der Waals surface area contributed by atoms with Gasteiger partial charge in [0.1, 0.15) is 0 Å². The molecule has 0 radical (unpaired) electrons.